The van der Waals surface area contributed by atoms with Crippen molar-refractivity contribution in [1.82, 2.24) is 0 Å². The maximum absolute atomic E-state index is 11.7. The Bertz CT molecular complexity index is 382. The number of carbonyl (C=O) groups is 1. The first-order chi connectivity index (χ1) is 8.13. The van der Waals surface area contributed by atoms with E-state index in [2.05, 4.69) is 13.8 Å². The summed E-state index contributed by atoms with van der Waals surface area (Å²) >= 11 is 0.0310. The molecule has 2 nitrogen and oxygen atoms in total. The van der Waals surface area contributed by atoms with Gasteiger partial charge < -0.3 is 0 Å². The molecule has 0 aliphatic heterocycles. The predicted molar refractivity (Wildman–Crippen MR) is 71.4 cm³/mol. The topological polar surface area (TPSA) is 26.3 Å². The monoisotopic (exact) mass is 298 g/mol. The Hall–Kier alpha value is -1.05. The van der Waals surface area contributed by atoms with Crippen LogP contribution in [0.1, 0.15) is 20.3 Å². The molecule has 0 heterocycles. The van der Waals surface area contributed by atoms with Crippen LogP contribution < -0.4 is 4.46 Å². The Morgan fingerprint density at radius 3 is 2.53 bits per heavy atom. The van der Waals surface area contributed by atoms with E-state index in [0.29, 0.717) is 5.92 Å². The van der Waals surface area contributed by atoms with Gasteiger partial charge >= 0.3 is 109 Å². The molecule has 1 rings (SSSR count). The van der Waals surface area contributed by atoms with Gasteiger partial charge in [0.25, 0.3) is 0 Å². The summed E-state index contributed by atoms with van der Waals surface area (Å²) in [7, 11) is 1.44. The van der Waals surface area contributed by atoms with Crippen LogP contribution in [0.25, 0.3) is 0 Å². The number of ether oxygens (including phenoxy) is 1. The zero-order chi connectivity index (χ0) is 12.7. The van der Waals surface area contributed by atoms with Gasteiger partial charge in [0.1, 0.15) is 0 Å². The van der Waals surface area contributed by atoms with E-state index in [0.717, 1.165) is 10.9 Å². The fourth-order valence-corrected chi connectivity index (χ4v) is 3.10. The third kappa shape index (κ3) is 5.20. The van der Waals surface area contributed by atoms with Crippen LogP contribution in [0.3, 0.4) is 0 Å². The molecule has 0 atom stereocenters. The van der Waals surface area contributed by atoms with Gasteiger partial charge in [0.2, 0.25) is 0 Å². The number of methoxy groups -OCH3 is 1. The van der Waals surface area contributed by atoms with E-state index < -0.39 is 0 Å². The van der Waals surface area contributed by atoms with E-state index in [1.807, 2.05) is 36.4 Å². The van der Waals surface area contributed by atoms with Gasteiger partial charge in [0, 0.05) is 0 Å². The molecule has 0 amide bonds. The summed E-state index contributed by atoms with van der Waals surface area (Å²) in [5.74, 6) is 0.357. The molecule has 0 aliphatic carbocycles. The van der Waals surface area contributed by atoms with Crippen LogP contribution in [0, 0.1) is 5.92 Å². The van der Waals surface area contributed by atoms with Crippen molar-refractivity contribution in [3.63, 3.8) is 0 Å². The minimum atomic E-state index is -0.200. The van der Waals surface area contributed by atoms with Crippen molar-refractivity contribution in [2.45, 2.75) is 20.3 Å². The van der Waals surface area contributed by atoms with Gasteiger partial charge in [-0.3, -0.25) is 0 Å². The normalized spacial score (nSPS) is 11.6. The number of hydrogen-bond acceptors (Lipinski definition) is 2. The molecule has 3 heteroatoms. The Labute approximate surface area is 109 Å². The molecular formula is C14H18O2Se. The van der Waals surface area contributed by atoms with Crippen molar-refractivity contribution >= 4 is 25.4 Å². The number of benzene rings is 1. The number of hydrogen-bond donors (Lipinski definition) is 0. The first kappa shape index (κ1) is 14.0. The fourth-order valence-electron chi connectivity index (χ4n) is 1.23. The summed E-state index contributed by atoms with van der Waals surface area (Å²) < 4.78 is 6.83. The minimum absolute atomic E-state index is 0.0310. The molecule has 0 fully saturated rings. The Morgan fingerprint density at radius 1 is 1.35 bits per heavy atom. The van der Waals surface area contributed by atoms with Crippen molar-refractivity contribution in [3.8, 4) is 0 Å². The second-order valence-corrected chi connectivity index (χ2v) is 6.44. The number of allylic oxidation sites excluding steroid dienone is 1. The van der Waals surface area contributed by atoms with Gasteiger partial charge in [-0.2, -0.15) is 0 Å². The van der Waals surface area contributed by atoms with Gasteiger partial charge in [-0.25, -0.2) is 0 Å². The molecule has 0 bridgehead atoms. The SMILES string of the molecule is COC(=O)/C(=C/CC(C)C)[Se]c1ccccc1. The summed E-state index contributed by atoms with van der Waals surface area (Å²) in [6.45, 7) is 4.28. The average molecular weight is 297 g/mol. The van der Waals surface area contributed by atoms with Crippen LogP contribution in [-0.2, 0) is 9.53 Å². The summed E-state index contributed by atoms with van der Waals surface area (Å²) in [5, 5.41) is 0. The van der Waals surface area contributed by atoms with Crippen LogP contribution in [0.15, 0.2) is 40.9 Å². The average Bonchev–Trinajstić information content (AvgIpc) is 2.34. The molecule has 0 aliphatic rings. The van der Waals surface area contributed by atoms with Gasteiger partial charge in [-0.05, 0) is 0 Å². The zero-order valence-electron chi connectivity index (χ0n) is 10.5. The van der Waals surface area contributed by atoms with Gasteiger partial charge in [-0.1, -0.05) is 0 Å². The third-order valence-electron chi connectivity index (χ3n) is 2.13. The molecule has 1 aromatic carbocycles. The van der Waals surface area contributed by atoms with Crippen molar-refractivity contribution in [2.75, 3.05) is 7.11 Å². The van der Waals surface area contributed by atoms with E-state index in [1.54, 1.807) is 0 Å². The van der Waals surface area contributed by atoms with Crippen LogP contribution in [-0.4, -0.2) is 28.0 Å². The second-order valence-electron chi connectivity index (χ2n) is 4.10. The standard InChI is InChI=1S/C14H18O2Se/c1-11(2)9-10-13(14(15)16-3)17-12-7-5-4-6-8-12/h4-8,10-11H,9H2,1-3H3/b13-10-. The summed E-state index contributed by atoms with van der Waals surface area (Å²) in [4.78, 5) is 11.7. The van der Waals surface area contributed by atoms with Crippen LogP contribution in [0.5, 0.6) is 0 Å². The summed E-state index contributed by atoms with van der Waals surface area (Å²) in [6, 6.07) is 10.1. The Balaban J connectivity index is 2.77. The molecule has 0 saturated carbocycles. The van der Waals surface area contributed by atoms with Crippen molar-refractivity contribution in [3.05, 3.63) is 40.9 Å². The number of carbonyl (C=O) groups excluding carboxylic acids is 1. The Morgan fingerprint density at radius 2 is 2.00 bits per heavy atom. The number of esters is 1. The second kappa shape index (κ2) is 7.31. The fraction of sp³-hybridized carbons (Fsp3) is 0.357. The van der Waals surface area contributed by atoms with Gasteiger partial charge in [0.05, 0.1) is 0 Å². The molecule has 0 radical (unpaired) electrons. The van der Waals surface area contributed by atoms with Crippen LogP contribution >= 0.6 is 0 Å². The molecule has 0 N–H and O–H groups in total. The third-order valence-corrected chi connectivity index (χ3v) is 4.36. The molecule has 0 aromatic heterocycles. The van der Waals surface area contributed by atoms with Gasteiger partial charge in [0.15, 0.2) is 0 Å². The Kier molecular flexibility index (Phi) is 6.02. The van der Waals surface area contributed by atoms with E-state index in [4.69, 9.17) is 4.74 Å². The van der Waals surface area contributed by atoms with E-state index in [-0.39, 0.29) is 20.9 Å². The summed E-state index contributed by atoms with van der Waals surface area (Å²) in [6.07, 6.45) is 2.93. The van der Waals surface area contributed by atoms with E-state index >= 15 is 0 Å². The quantitative estimate of drug-likeness (QED) is 0.473. The maximum atomic E-state index is 11.7. The van der Waals surface area contributed by atoms with Crippen molar-refractivity contribution < 1.29 is 9.53 Å². The first-order valence-corrected chi connectivity index (χ1v) is 7.36. The predicted octanol–water partition coefficient (Wildman–Crippen LogP) is 2.12. The molecule has 0 saturated heterocycles. The van der Waals surface area contributed by atoms with E-state index in [9.17, 15) is 4.79 Å². The van der Waals surface area contributed by atoms with E-state index in [1.165, 1.54) is 11.6 Å². The van der Waals surface area contributed by atoms with Crippen molar-refractivity contribution in [2.24, 2.45) is 5.92 Å². The zero-order valence-corrected chi connectivity index (χ0v) is 12.2. The molecule has 0 unspecified atom stereocenters. The molecule has 92 valence electrons. The van der Waals surface area contributed by atoms with Gasteiger partial charge in [-0.15, -0.1) is 0 Å². The molecule has 17 heavy (non-hydrogen) atoms. The molecule has 1 aromatic rings. The summed E-state index contributed by atoms with van der Waals surface area (Å²) in [5.41, 5.74) is 0. The van der Waals surface area contributed by atoms with Crippen LogP contribution in [0.2, 0.25) is 0 Å². The van der Waals surface area contributed by atoms with Crippen molar-refractivity contribution in [1.29, 1.82) is 0 Å². The molecule has 0 spiro atoms. The first-order valence-electron chi connectivity index (χ1n) is 5.65. The molecular weight excluding hydrogens is 279 g/mol. The van der Waals surface area contributed by atoms with Crippen LogP contribution in [0.4, 0.5) is 0 Å². The number of rotatable bonds is 5.